The lowest BCUT2D eigenvalue weighted by molar-refractivity contribution is -0.0277. The Morgan fingerprint density at radius 1 is 1.42 bits per heavy atom. The van der Waals surface area contributed by atoms with E-state index >= 15 is 0 Å². The Kier molecular flexibility index (Phi) is 4.85. The van der Waals surface area contributed by atoms with Crippen molar-refractivity contribution in [3.8, 4) is 0 Å². The number of ether oxygens (including phenoxy) is 1. The molecular formula is C14H19F2NO2. The van der Waals surface area contributed by atoms with E-state index in [1.807, 2.05) is 0 Å². The number of hydrogen-bond donors (Lipinski definition) is 1. The van der Waals surface area contributed by atoms with E-state index in [1.165, 1.54) is 6.07 Å². The molecule has 19 heavy (non-hydrogen) atoms. The second-order valence-corrected chi connectivity index (χ2v) is 4.82. The first kappa shape index (κ1) is 14.4. The van der Waals surface area contributed by atoms with Crippen LogP contribution in [-0.4, -0.2) is 42.4 Å². The van der Waals surface area contributed by atoms with Crippen molar-refractivity contribution >= 4 is 0 Å². The van der Waals surface area contributed by atoms with Gasteiger partial charge >= 0.3 is 0 Å². The fraction of sp³-hybridized carbons (Fsp3) is 0.571. The van der Waals surface area contributed by atoms with E-state index in [1.54, 1.807) is 0 Å². The molecule has 0 bridgehead atoms. The van der Waals surface area contributed by atoms with Gasteiger partial charge in [0.05, 0.1) is 19.3 Å². The number of benzene rings is 1. The summed E-state index contributed by atoms with van der Waals surface area (Å²) in [5.74, 6) is -1.82. The van der Waals surface area contributed by atoms with Gasteiger partial charge in [0, 0.05) is 19.1 Å². The lowest BCUT2D eigenvalue weighted by atomic mass is 10.1. The van der Waals surface area contributed by atoms with Crippen LogP contribution in [0.2, 0.25) is 0 Å². The van der Waals surface area contributed by atoms with E-state index in [4.69, 9.17) is 4.74 Å². The number of aliphatic hydroxyl groups is 1. The minimum absolute atomic E-state index is 0.272. The van der Waals surface area contributed by atoms with Crippen molar-refractivity contribution in [1.82, 2.24) is 4.90 Å². The SMILES string of the molecule is CCC1COCCN1CC(O)c1ccc(F)c(F)c1. The first-order valence-corrected chi connectivity index (χ1v) is 6.56. The molecule has 1 aromatic carbocycles. The molecule has 0 amide bonds. The highest BCUT2D eigenvalue weighted by Crippen LogP contribution is 2.20. The van der Waals surface area contributed by atoms with Gasteiger partial charge in [-0.3, -0.25) is 4.90 Å². The Morgan fingerprint density at radius 3 is 2.89 bits per heavy atom. The lowest BCUT2D eigenvalue weighted by Gasteiger charge is -2.36. The maximum absolute atomic E-state index is 13.1. The Bertz CT molecular complexity index is 428. The molecule has 3 nitrogen and oxygen atoms in total. The van der Waals surface area contributed by atoms with Gasteiger partial charge in [-0.2, -0.15) is 0 Å². The molecule has 0 aliphatic carbocycles. The minimum atomic E-state index is -0.925. The summed E-state index contributed by atoms with van der Waals surface area (Å²) in [4.78, 5) is 2.13. The molecule has 0 spiro atoms. The van der Waals surface area contributed by atoms with Gasteiger partial charge in [0.15, 0.2) is 11.6 Å². The average Bonchev–Trinajstić information content (AvgIpc) is 2.42. The fourth-order valence-electron chi connectivity index (χ4n) is 2.35. The molecular weight excluding hydrogens is 252 g/mol. The minimum Gasteiger partial charge on any atom is -0.387 e. The molecule has 1 aromatic rings. The summed E-state index contributed by atoms with van der Waals surface area (Å²) >= 11 is 0. The predicted octanol–water partition coefficient (Wildman–Crippen LogP) is 2.11. The van der Waals surface area contributed by atoms with Crippen LogP contribution in [0.25, 0.3) is 0 Å². The van der Waals surface area contributed by atoms with Crippen molar-refractivity contribution in [3.63, 3.8) is 0 Å². The molecule has 2 rings (SSSR count). The number of morpholine rings is 1. The highest BCUT2D eigenvalue weighted by molar-refractivity contribution is 5.20. The van der Waals surface area contributed by atoms with Gasteiger partial charge in [0.25, 0.3) is 0 Å². The van der Waals surface area contributed by atoms with Gasteiger partial charge in [-0.15, -0.1) is 0 Å². The van der Waals surface area contributed by atoms with E-state index in [9.17, 15) is 13.9 Å². The van der Waals surface area contributed by atoms with Crippen molar-refractivity contribution in [2.24, 2.45) is 0 Å². The molecule has 0 aromatic heterocycles. The zero-order valence-corrected chi connectivity index (χ0v) is 11.0. The zero-order chi connectivity index (χ0) is 13.8. The predicted molar refractivity (Wildman–Crippen MR) is 67.8 cm³/mol. The van der Waals surface area contributed by atoms with E-state index < -0.39 is 17.7 Å². The third-order valence-electron chi connectivity index (χ3n) is 3.56. The van der Waals surface area contributed by atoms with Crippen molar-refractivity contribution < 1.29 is 18.6 Å². The Labute approximate surface area is 111 Å². The maximum atomic E-state index is 13.1. The summed E-state index contributed by atoms with van der Waals surface area (Å²) in [6.07, 6.45) is 0.118. The highest BCUT2D eigenvalue weighted by Gasteiger charge is 2.24. The number of rotatable bonds is 4. The summed E-state index contributed by atoms with van der Waals surface area (Å²) < 4.78 is 31.4. The third kappa shape index (κ3) is 3.49. The molecule has 1 aliphatic rings. The van der Waals surface area contributed by atoms with Crippen molar-refractivity contribution in [3.05, 3.63) is 35.4 Å². The van der Waals surface area contributed by atoms with E-state index in [0.29, 0.717) is 25.3 Å². The largest absolute Gasteiger partial charge is 0.387 e. The van der Waals surface area contributed by atoms with Crippen LogP contribution in [0.1, 0.15) is 25.0 Å². The zero-order valence-electron chi connectivity index (χ0n) is 11.0. The Hall–Kier alpha value is -1.04. The topological polar surface area (TPSA) is 32.7 Å². The van der Waals surface area contributed by atoms with Crippen LogP contribution in [0.3, 0.4) is 0 Å². The number of aliphatic hydroxyl groups excluding tert-OH is 1. The van der Waals surface area contributed by atoms with Crippen LogP contribution < -0.4 is 0 Å². The van der Waals surface area contributed by atoms with E-state index in [0.717, 1.165) is 25.1 Å². The number of halogens is 2. The first-order valence-electron chi connectivity index (χ1n) is 6.56. The van der Waals surface area contributed by atoms with Crippen LogP contribution >= 0.6 is 0 Å². The smallest absolute Gasteiger partial charge is 0.159 e. The van der Waals surface area contributed by atoms with Crippen LogP contribution in [0.4, 0.5) is 8.78 Å². The molecule has 106 valence electrons. The normalized spacial score (nSPS) is 22.4. The summed E-state index contributed by atoms with van der Waals surface area (Å²) in [5, 5.41) is 10.1. The molecule has 1 heterocycles. The number of β-amino-alcohol motifs (C(OH)–C–C–N with tert-alkyl or cyclic N) is 1. The van der Waals surface area contributed by atoms with Gasteiger partial charge in [-0.25, -0.2) is 8.78 Å². The van der Waals surface area contributed by atoms with Crippen LogP contribution in [0, 0.1) is 11.6 Å². The van der Waals surface area contributed by atoms with E-state index in [2.05, 4.69) is 11.8 Å². The lowest BCUT2D eigenvalue weighted by Crippen LogP contribution is -2.46. The summed E-state index contributed by atoms with van der Waals surface area (Å²) in [7, 11) is 0. The van der Waals surface area contributed by atoms with Gasteiger partial charge in [0.2, 0.25) is 0 Å². The summed E-state index contributed by atoms with van der Waals surface area (Å²) in [6, 6.07) is 3.80. The third-order valence-corrected chi connectivity index (χ3v) is 3.56. The van der Waals surface area contributed by atoms with Crippen LogP contribution in [0.15, 0.2) is 18.2 Å². The van der Waals surface area contributed by atoms with Gasteiger partial charge in [0.1, 0.15) is 0 Å². The number of nitrogens with zero attached hydrogens (tertiary/aromatic N) is 1. The Balaban J connectivity index is 2.02. The summed E-state index contributed by atoms with van der Waals surface area (Å²) in [6.45, 7) is 4.52. The molecule has 0 saturated carbocycles. The maximum Gasteiger partial charge on any atom is 0.159 e. The molecule has 1 saturated heterocycles. The molecule has 1 N–H and O–H groups in total. The Morgan fingerprint density at radius 2 is 2.21 bits per heavy atom. The highest BCUT2D eigenvalue weighted by atomic mass is 19.2. The molecule has 1 aliphatic heterocycles. The van der Waals surface area contributed by atoms with Crippen molar-refractivity contribution in [2.75, 3.05) is 26.3 Å². The summed E-state index contributed by atoms with van der Waals surface area (Å²) in [5.41, 5.74) is 0.403. The van der Waals surface area contributed by atoms with Gasteiger partial charge < -0.3 is 9.84 Å². The van der Waals surface area contributed by atoms with Crippen molar-refractivity contribution in [1.29, 1.82) is 0 Å². The second-order valence-electron chi connectivity index (χ2n) is 4.82. The average molecular weight is 271 g/mol. The van der Waals surface area contributed by atoms with Gasteiger partial charge in [-0.05, 0) is 24.1 Å². The quantitative estimate of drug-likeness (QED) is 0.910. The van der Waals surface area contributed by atoms with E-state index in [-0.39, 0.29) is 6.04 Å². The monoisotopic (exact) mass is 271 g/mol. The number of hydrogen-bond acceptors (Lipinski definition) is 3. The van der Waals surface area contributed by atoms with Crippen LogP contribution in [-0.2, 0) is 4.74 Å². The van der Waals surface area contributed by atoms with Gasteiger partial charge in [-0.1, -0.05) is 13.0 Å². The van der Waals surface area contributed by atoms with Crippen molar-refractivity contribution in [2.45, 2.75) is 25.5 Å². The fourth-order valence-corrected chi connectivity index (χ4v) is 2.35. The first-order chi connectivity index (χ1) is 9.11. The standard InChI is InChI=1S/C14H19F2NO2/c1-2-11-9-19-6-5-17(11)8-14(18)10-3-4-12(15)13(16)7-10/h3-4,7,11,14,18H,2,5-6,8-9H2,1H3. The van der Waals surface area contributed by atoms with Crippen LogP contribution in [0.5, 0.6) is 0 Å². The molecule has 5 heteroatoms. The molecule has 0 radical (unpaired) electrons. The molecule has 1 fully saturated rings. The second kappa shape index (κ2) is 6.41. The molecule has 2 unspecified atom stereocenters. The molecule has 2 atom stereocenters.